The van der Waals surface area contributed by atoms with Gasteiger partial charge in [-0.15, -0.1) is 0 Å². The van der Waals surface area contributed by atoms with E-state index in [4.69, 9.17) is 9.72 Å². The van der Waals surface area contributed by atoms with Crippen LogP contribution in [0.25, 0.3) is 11.3 Å². The van der Waals surface area contributed by atoms with Crippen molar-refractivity contribution >= 4 is 10.2 Å². The van der Waals surface area contributed by atoms with Crippen LogP contribution in [0.5, 0.6) is 5.75 Å². The summed E-state index contributed by atoms with van der Waals surface area (Å²) in [5.41, 5.74) is 2.66. The highest BCUT2D eigenvalue weighted by molar-refractivity contribution is 7.86. The van der Waals surface area contributed by atoms with E-state index in [1.54, 1.807) is 33.6 Å². The summed E-state index contributed by atoms with van der Waals surface area (Å²) in [5.74, 6) is 0.985. The summed E-state index contributed by atoms with van der Waals surface area (Å²) in [4.78, 5) is 9.11. The van der Waals surface area contributed by atoms with Crippen molar-refractivity contribution in [3.05, 3.63) is 42.4 Å². The molecule has 1 aromatic carbocycles. The number of ether oxygens (including phenoxy) is 1. The molecule has 0 bridgehead atoms. The number of piperidine rings is 1. The van der Waals surface area contributed by atoms with Crippen LogP contribution in [0.4, 0.5) is 0 Å². The molecule has 1 saturated heterocycles. The van der Waals surface area contributed by atoms with E-state index in [0.717, 1.165) is 35.5 Å². The molecule has 26 heavy (non-hydrogen) atoms. The number of nitrogens with zero attached hydrogens (tertiary/aromatic N) is 4. The van der Waals surface area contributed by atoms with Gasteiger partial charge in [-0.1, -0.05) is 12.1 Å². The molecule has 0 atom stereocenters. The zero-order chi connectivity index (χ0) is 18.7. The van der Waals surface area contributed by atoms with E-state index in [1.165, 1.54) is 8.61 Å². The van der Waals surface area contributed by atoms with Crippen LogP contribution in [0.1, 0.15) is 24.5 Å². The Morgan fingerprint density at radius 1 is 1.19 bits per heavy atom. The minimum absolute atomic E-state index is 0.210. The summed E-state index contributed by atoms with van der Waals surface area (Å²) in [5, 5.41) is 0. The number of methoxy groups -OCH3 is 1. The summed E-state index contributed by atoms with van der Waals surface area (Å²) in [6.07, 6.45) is 5.00. The molecular formula is C18H24N4O3S. The van der Waals surface area contributed by atoms with E-state index < -0.39 is 10.2 Å². The SMILES string of the molecule is COc1cccc(-c2cncc(C3CCN(S(=O)(=O)N(C)C)CC3)n2)c1. The molecule has 0 unspecified atom stereocenters. The molecule has 8 heteroatoms. The van der Waals surface area contributed by atoms with Gasteiger partial charge in [-0.3, -0.25) is 4.98 Å². The van der Waals surface area contributed by atoms with Crippen molar-refractivity contribution in [3.63, 3.8) is 0 Å². The number of aromatic nitrogens is 2. The maximum Gasteiger partial charge on any atom is 0.281 e. The maximum absolute atomic E-state index is 12.2. The Hall–Kier alpha value is -2.03. The van der Waals surface area contributed by atoms with Gasteiger partial charge >= 0.3 is 0 Å². The largest absolute Gasteiger partial charge is 0.497 e. The van der Waals surface area contributed by atoms with E-state index >= 15 is 0 Å². The van der Waals surface area contributed by atoms with Crippen LogP contribution in [0.2, 0.25) is 0 Å². The van der Waals surface area contributed by atoms with E-state index in [1.807, 2.05) is 24.3 Å². The second-order valence-electron chi connectivity index (χ2n) is 6.52. The fourth-order valence-corrected chi connectivity index (χ4v) is 4.25. The first kappa shape index (κ1) is 18.8. The molecule has 3 rings (SSSR count). The predicted octanol–water partition coefficient (Wildman–Crippen LogP) is 2.14. The Balaban J connectivity index is 1.76. The Labute approximate surface area is 154 Å². The van der Waals surface area contributed by atoms with Crippen LogP contribution in [-0.4, -0.2) is 61.3 Å². The van der Waals surface area contributed by atoms with Crippen LogP contribution >= 0.6 is 0 Å². The number of hydrogen-bond donors (Lipinski definition) is 0. The Bertz CT molecular complexity index is 862. The maximum atomic E-state index is 12.2. The summed E-state index contributed by atoms with van der Waals surface area (Å²) in [7, 11) is 1.41. The van der Waals surface area contributed by atoms with Crippen LogP contribution in [0.3, 0.4) is 0 Å². The van der Waals surface area contributed by atoms with E-state index in [0.29, 0.717) is 13.1 Å². The van der Waals surface area contributed by atoms with Crippen molar-refractivity contribution in [3.8, 4) is 17.0 Å². The number of hydrogen-bond acceptors (Lipinski definition) is 5. The molecule has 0 amide bonds. The zero-order valence-corrected chi connectivity index (χ0v) is 16.1. The minimum Gasteiger partial charge on any atom is -0.497 e. The quantitative estimate of drug-likeness (QED) is 0.799. The van der Waals surface area contributed by atoms with Crippen LogP contribution in [0.15, 0.2) is 36.7 Å². The lowest BCUT2D eigenvalue weighted by molar-refractivity contribution is 0.300. The van der Waals surface area contributed by atoms with Gasteiger partial charge in [0, 0.05) is 44.9 Å². The first-order valence-electron chi connectivity index (χ1n) is 8.56. The summed E-state index contributed by atoms with van der Waals surface area (Å²) in [6.45, 7) is 0.993. The first-order chi connectivity index (χ1) is 12.4. The van der Waals surface area contributed by atoms with Crippen LogP contribution < -0.4 is 4.74 Å². The molecule has 2 heterocycles. The van der Waals surface area contributed by atoms with Gasteiger partial charge in [-0.05, 0) is 25.0 Å². The zero-order valence-electron chi connectivity index (χ0n) is 15.3. The predicted molar refractivity (Wildman–Crippen MR) is 100 cm³/mol. The molecule has 1 aliphatic rings. The van der Waals surface area contributed by atoms with Crippen molar-refractivity contribution in [1.29, 1.82) is 0 Å². The molecule has 1 fully saturated rings. The lowest BCUT2D eigenvalue weighted by Gasteiger charge is -2.32. The first-order valence-corrected chi connectivity index (χ1v) is 9.95. The van der Waals surface area contributed by atoms with Gasteiger partial charge in [0.25, 0.3) is 10.2 Å². The Morgan fingerprint density at radius 3 is 2.58 bits per heavy atom. The molecular weight excluding hydrogens is 352 g/mol. The smallest absolute Gasteiger partial charge is 0.281 e. The molecule has 0 radical (unpaired) electrons. The van der Waals surface area contributed by atoms with Crippen molar-refractivity contribution < 1.29 is 13.2 Å². The van der Waals surface area contributed by atoms with Crippen LogP contribution in [0, 0.1) is 0 Å². The third-order valence-electron chi connectivity index (χ3n) is 4.68. The second kappa shape index (κ2) is 7.69. The Kier molecular flexibility index (Phi) is 5.55. The minimum atomic E-state index is -3.35. The Morgan fingerprint density at radius 2 is 1.92 bits per heavy atom. The van der Waals surface area contributed by atoms with Crippen molar-refractivity contribution in [2.45, 2.75) is 18.8 Å². The molecule has 0 aliphatic carbocycles. The van der Waals surface area contributed by atoms with Gasteiger partial charge in [-0.2, -0.15) is 17.0 Å². The van der Waals surface area contributed by atoms with Crippen molar-refractivity contribution in [1.82, 2.24) is 18.6 Å². The highest BCUT2D eigenvalue weighted by atomic mass is 32.2. The van der Waals surface area contributed by atoms with Crippen molar-refractivity contribution in [2.24, 2.45) is 0 Å². The monoisotopic (exact) mass is 376 g/mol. The molecule has 140 valence electrons. The van der Waals surface area contributed by atoms with Crippen molar-refractivity contribution in [2.75, 3.05) is 34.3 Å². The fraction of sp³-hybridized carbons (Fsp3) is 0.444. The van der Waals surface area contributed by atoms with Gasteiger partial charge in [0.05, 0.1) is 24.7 Å². The van der Waals surface area contributed by atoms with E-state index in [-0.39, 0.29) is 5.92 Å². The second-order valence-corrected chi connectivity index (χ2v) is 8.67. The normalized spacial score (nSPS) is 16.8. The van der Waals surface area contributed by atoms with Gasteiger partial charge < -0.3 is 4.74 Å². The summed E-state index contributed by atoms with van der Waals surface area (Å²) in [6, 6.07) is 7.72. The average Bonchev–Trinajstić information content (AvgIpc) is 2.68. The molecule has 2 aromatic rings. The average molecular weight is 376 g/mol. The van der Waals surface area contributed by atoms with Gasteiger partial charge in [0.1, 0.15) is 5.75 Å². The highest BCUT2D eigenvalue weighted by Crippen LogP contribution is 2.30. The van der Waals surface area contributed by atoms with E-state index in [9.17, 15) is 8.42 Å². The van der Waals surface area contributed by atoms with E-state index in [2.05, 4.69) is 4.98 Å². The number of rotatable bonds is 5. The highest BCUT2D eigenvalue weighted by Gasteiger charge is 2.30. The molecule has 0 spiro atoms. The lowest BCUT2D eigenvalue weighted by atomic mass is 9.95. The summed E-state index contributed by atoms with van der Waals surface area (Å²) < 4.78 is 32.5. The standard InChI is InChI=1S/C18H24N4O3S/c1-21(2)26(23,24)22-9-7-14(8-10-22)17-12-19-13-18(20-17)15-5-4-6-16(11-15)25-3/h4-6,11-14H,7-10H2,1-3H3. The molecule has 1 aliphatic heterocycles. The molecule has 0 N–H and O–H groups in total. The molecule has 7 nitrogen and oxygen atoms in total. The molecule has 1 aromatic heterocycles. The van der Waals surface area contributed by atoms with Gasteiger partial charge in [0.2, 0.25) is 0 Å². The topological polar surface area (TPSA) is 75.6 Å². The number of benzene rings is 1. The summed E-state index contributed by atoms with van der Waals surface area (Å²) >= 11 is 0. The van der Waals surface area contributed by atoms with Gasteiger partial charge in [-0.25, -0.2) is 4.98 Å². The third-order valence-corrected chi connectivity index (χ3v) is 6.62. The third kappa shape index (κ3) is 3.87. The lowest BCUT2D eigenvalue weighted by Crippen LogP contribution is -2.44. The fourth-order valence-electron chi connectivity index (χ4n) is 3.11. The molecule has 0 saturated carbocycles. The van der Waals surface area contributed by atoms with Gasteiger partial charge in [0.15, 0.2) is 0 Å². The van der Waals surface area contributed by atoms with Crippen LogP contribution in [-0.2, 0) is 10.2 Å².